The van der Waals surface area contributed by atoms with E-state index in [0.717, 1.165) is 4.90 Å². The van der Waals surface area contributed by atoms with E-state index >= 15 is 0 Å². The summed E-state index contributed by atoms with van der Waals surface area (Å²) in [6, 6.07) is 6.16. The highest BCUT2D eigenvalue weighted by Gasteiger charge is 2.19. The van der Waals surface area contributed by atoms with Crippen LogP contribution in [0.2, 0.25) is 5.02 Å². The predicted octanol–water partition coefficient (Wildman–Crippen LogP) is 1.49. The molecule has 1 unspecified atom stereocenters. The molecule has 0 aliphatic carbocycles. The van der Waals surface area contributed by atoms with Crippen molar-refractivity contribution >= 4 is 29.2 Å². The van der Waals surface area contributed by atoms with Crippen LogP contribution in [0.25, 0.3) is 0 Å². The minimum Gasteiger partial charge on any atom is -0.480 e. The van der Waals surface area contributed by atoms with E-state index in [0.29, 0.717) is 10.7 Å². The standard InChI is InChI=1S/C12H15ClN2O3/c1-8(14)5-11(16)15(7-12(17)18)10-4-2-3-9(13)6-10/h2-4,6,8H,5,7,14H2,1H3,(H,17,18). The van der Waals surface area contributed by atoms with Crippen LogP contribution in [0.3, 0.4) is 0 Å². The Morgan fingerprint density at radius 2 is 2.17 bits per heavy atom. The summed E-state index contributed by atoms with van der Waals surface area (Å²) in [6.07, 6.45) is 0.0831. The zero-order chi connectivity index (χ0) is 13.7. The molecule has 0 aromatic heterocycles. The maximum absolute atomic E-state index is 11.9. The molecular weight excluding hydrogens is 256 g/mol. The lowest BCUT2D eigenvalue weighted by Crippen LogP contribution is -2.38. The zero-order valence-electron chi connectivity index (χ0n) is 9.97. The molecule has 1 rings (SSSR count). The van der Waals surface area contributed by atoms with E-state index in [1.807, 2.05) is 0 Å². The zero-order valence-corrected chi connectivity index (χ0v) is 10.7. The number of nitrogens with two attached hydrogens (primary N) is 1. The Kier molecular flexibility index (Phi) is 5.12. The van der Waals surface area contributed by atoms with Crippen molar-refractivity contribution in [1.29, 1.82) is 0 Å². The average molecular weight is 271 g/mol. The number of nitrogens with zero attached hydrogens (tertiary/aromatic N) is 1. The van der Waals surface area contributed by atoms with Gasteiger partial charge in [0.05, 0.1) is 0 Å². The molecule has 0 aliphatic rings. The minimum atomic E-state index is -1.09. The first-order valence-electron chi connectivity index (χ1n) is 5.43. The number of benzene rings is 1. The molecular formula is C12H15ClN2O3. The van der Waals surface area contributed by atoms with Crippen LogP contribution in [0.15, 0.2) is 24.3 Å². The minimum absolute atomic E-state index is 0.0831. The molecule has 0 heterocycles. The number of carboxylic acids is 1. The molecule has 6 heteroatoms. The Morgan fingerprint density at radius 3 is 2.67 bits per heavy atom. The molecule has 0 radical (unpaired) electrons. The van der Waals surface area contributed by atoms with Gasteiger partial charge in [-0.15, -0.1) is 0 Å². The monoisotopic (exact) mass is 270 g/mol. The fourth-order valence-electron chi connectivity index (χ4n) is 1.49. The topological polar surface area (TPSA) is 83.6 Å². The van der Waals surface area contributed by atoms with Crippen LogP contribution in [0.1, 0.15) is 13.3 Å². The number of halogens is 1. The van der Waals surface area contributed by atoms with Crippen LogP contribution in [0.5, 0.6) is 0 Å². The van der Waals surface area contributed by atoms with Gasteiger partial charge in [0.25, 0.3) is 0 Å². The van der Waals surface area contributed by atoms with Crippen molar-refractivity contribution in [2.45, 2.75) is 19.4 Å². The van der Waals surface area contributed by atoms with E-state index in [-0.39, 0.29) is 18.4 Å². The van der Waals surface area contributed by atoms with Crippen molar-refractivity contribution in [3.8, 4) is 0 Å². The van der Waals surface area contributed by atoms with Crippen LogP contribution in [0, 0.1) is 0 Å². The van der Waals surface area contributed by atoms with Gasteiger partial charge in [-0.2, -0.15) is 0 Å². The van der Waals surface area contributed by atoms with Crippen molar-refractivity contribution < 1.29 is 14.7 Å². The Hall–Kier alpha value is -1.59. The molecule has 1 atom stereocenters. The highest BCUT2D eigenvalue weighted by molar-refractivity contribution is 6.30. The molecule has 0 saturated carbocycles. The summed E-state index contributed by atoms with van der Waals surface area (Å²) in [6.45, 7) is 1.28. The van der Waals surface area contributed by atoms with Crippen molar-refractivity contribution in [3.05, 3.63) is 29.3 Å². The summed E-state index contributed by atoms with van der Waals surface area (Å²) in [4.78, 5) is 23.9. The van der Waals surface area contributed by atoms with Crippen LogP contribution in [-0.4, -0.2) is 29.6 Å². The summed E-state index contributed by atoms with van der Waals surface area (Å²) in [5.74, 6) is -1.43. The summed E-state index contributed by atoms with van der Waals surface area (Å²) in [7, 11) is 0. The molecule has 0 aliphatic heterocycles. The molecule has 1 aromatic rings. The highest BCUT2D eigenvalue weighted by atomic mass is 35.5. The van der Waals surface area contributed by atoms with E-state index in [2.05, 4.69) is 0 Å². The van der Waals surface area contributed by atoms with Gasteiger partial charge in [0.2, 0.25) is 5.91 Å². The summed E-state index contributed by atoms with van der Waals surface area (Å²) >= 11 is 5.83. The van der Waals surface area contributed by atoms with Gasteiger partial charge in [0.1, 0.15) is 6.54 Å². The third kappa shape index (κ3) is 4.35. The van der Waals surface area contributed by atoms with Gasteiger partial charge in [-0.05, 0) is 25.1 Å². The van der Waals surface area contributed by atoms with E-state index in [4.69, 9.17) is 22.4 Å². The molecule has 1 amide bonds. The second kappa shape index (κ2) is 6.37. The predicted molar refractivity (Wildman–Crippen MR) is 69.7 cm³/mol. The Balaban J connectivity index is 2.97. The Morgan fingerprint density at radius 1 is 1.50 bits per heavy atom. The highest BCUT2D eigenvalue weighted by Crippen LogP contribution is 2.20. The third-order valence-electron chi connectivity index (χ3n) is 2.21. The fourth-order valence-corrected chi connectivity index (χ4v) is 1.67. The summed E-state index contributed by atoms with van der Waals surface area (Å²) in [5, 5.41) is 9.28. The first kappa shape index (κ1) is 14.5. The number of aliphatic carboxylic acids is 1. The van der Waals surface area contributed by atoms with E-state index in [1.54, 1.807) is 31.2 Å². The van der Waals surface area contributed by atoms with Gasteiger partial charge in [0.15, 0.2) is 0 Å². The average Bonchev–Trinajstić information content (AvgIpc) is 2.24. The van der Waals surface area contributed by atoms with Gasteiger partial charge in [-0.3, -0.25) is 9.59 Å². The maximum Gasteiger partial charge on any atom is 0.323 e. The largest absolute Gasteiger partial charge is 0.480 e. The molecule has 18 heavy (non-hydrogen) atoms. The van der Waals surface area contributed by atoms with Gasteiger partial charge >= 0.3 is 5.97 Å². The Labute approximate surface area is 110 Å². The number of carboxylic acid groups (broad SMARTS) is 1. The van der Waals surface area contributed by atoms with Crippen molar-refractivity contribution in [2.75, 3.05) is 11.4 Å². The number of carbonyl (C=O) groups excluding carboxylic acids is 1. The second-order valence-electron chi connectivity index (χ2n) is 4.03. The second-order valence-corrected chi connectivity index (χ2v) is 4.47. The quantitative estimate of drug-likeness (QED) is 0.849. The first-order chi connectivity index (χ1) is 8.40. The molecule has 5 nitrogen and oxygen atoms in total. The van der Waals surface area contributed by atoms with Crippen molar-refractivity contribution in [3.63, 3.8) is 0 Å². The van der Waals surface area contributed by atoms with Crippen molar-refractivity contribution in [2.24, 2.45) is 5.73 Å². The number of hydrogen-bond acceptors (Lipinski definition) is 3. The van der Waals surface area contributed by atoms with Crippen LogP contribution < -0.4 is 10.6 Å². The summed E-state index contributed by atoms with van der Waals surface area (Å²) < 4.78 is 0. The normalized spacial score (nSPS) is 11.9. The summed E-state index contributed by atoms with van der Waals surface area (Å²) in [5.41, 5.74) is 6.00. The lowest BCUT2D eigenvalue weighted by atomic mass is 10.2. The van der Waals surface area contributed by atoms with E-state index in [1.165, 1.54) is 0 Å². The third-order valence-corrected chi connectivity index (χ3v) is 2.45. The van der Waals surface area contributed by atoms with Gasteiger partial charge in [-0.25, -0.2) is 0 Å². The molecule has 0 fully saturated rings. The molecule has 3 N–H and O–H groups in total. The van der Waals surface area contributed by atoms with E-state index in [9.17, 15) is 9.59 Å². The number of anilines is 1. The van der Waals surface area contributed by atoms with Crippen molar-refractivity contribution in [1.82, 2.24) is 0 Å². The lowest BCUT2D eigenvalue weighted by molar-refractivity contribution is -0.136. The number of carbonyl (C=O) groups is 2. The van der Waals surface area contributed by atoms with Crippen LogP contribution in [-0.2, 0) is 9.59 Å². The van der Waals surface area contributed by atoms with Gasteiger partial charge < -0.3 is 15.7 Å². The number of rotatable bonds is 5. The smallest absolute Gasteiger partial charge is 0.323 e. The SMILES string of the molecule is CC(N)CC(=O)N(CC(=O)O)c1cccc(Cl)c1. The maximum atomic E-state index is 11.9. The molecule has 0 saturated heterocycles. The molecule has 0 bridgehead atoms. The lowest BCUT2D eigenvalue weighted by Gasteiger charge is -2.22. The molecule has 0 spiro atoms. The van der Waals surface area contributed by atoms with Gasteiger partial charge in [-0.1, -0.05) is 17.7 Å². The molecule has 98 valence electrons. The fraction of sp³-hybridized carbons (Fsp3) is 0.333. The van der Waals surface area contributed by atoms with Gasteiger partial charge in [0, 0.05) is 23.2 Å². The number of amides is 1. The first-order valence-corrected chi connectivity index (χ1v) is 5.81. The number of hydrogen-bond donors (Lipinski definition) is 2. The Bertz CT molecular complexity index is 449. The van der Waals surface area contributed by atoms with Crippen LogP contribution in [0.4, 0.5) is 5.69 Å². The van der Waals surface area contributed by atoms with Crippen LogP contribution >= 0.6 is 11.6 Å². The molecule has 1 aromatic carbocycles. The van der Waals surface area contributed by atoms with E-state index < -0.39 is 12.5 Å².